The summed E-state index contributed by atoms with van der Waals surface area (Å²) in [5.41, 5.74) is 2.83. The lowest BCUT2D eigenvalue weighted by Crippen LogP contribution is -2.47. The molecule has 28 heavy (non-hydrogen) atoms. The van der Waals surface area contributed by atoms with E-state index in [4.69, 9.17) is 16.3 Å². The lowest BCUT2D eigenvalue weighted by Gasteiger charge is -2.31. The van der Waals surface area contributed by atoms with Crippen molar-refractivity contribution in [3.63, 3.8) is 0 Å². The highest BCUT2D eigenvalue weighted by atomic mass is 35.5. The van der Waals surface area contributed by atoms with Crippen molar-refractivity contribution in [3.05, 3.63) is 52.5 Å². The van der Waals surface area contributed by atoms with Gasteiger partial charge < -0.3 is 10.1 Å². The number of methoxy groups -OCH3 is 1. The molecule has 1 unspecified atom stereocenters. The fraction of sp³-hybridized carbons (Fsp3) is 0.350. The summed E-state index contributed by atoms with van der Waals surface area (Å²) in [6.45, 7) is 5.60. The summed E-state index contributed by atoms with van der Waals surface area (Å²) < 4.78 is 31.6. The van der Waals surface area contributed by atoms with Crippen LogP contribution in [0.1, 0.15) is 24.5 Å². The lowest BCUT2D eigenvalue weighted by atomic mass is 10.1. The number of aryl methyl sites for hydroxylation is 2. The molecule has 0 radical (unpaired) electrons. The molecular weight excluding hydrogens is 400 g/mol. The van der Waals surface area contributed by atoms with Crippen LogP contribution in [-0.4, -0.2) is 33.7 Å². The van der Waals surface area contributed by atoms with Crippen LogP contribution in [0.2, 0.25) is 5.02 Å². The predicted molar refractivity (Wildman–Crippen MR) is 114 cm³/mol. The number of ether oxygens (including phenoxy) is 1. The monoisotopic (exact) mass is 424 g/mol. The number of amides is 1. The number of hydrogen-bond donors (Lipinski definition) is 1. The quantitative estimate of drug-likeness (QED) is 0.724. The van der Waals surface area contributed by atoms with Crippen LogP contribution in [0.3, 0.4) is 0 Å². The molecule has 0 aliphatic carbocycles. The van der Waals surface area contributed by atoms with E-state index >= 15 is 0 Å². The van der Waals surface area contributed by atoms with Gasteiger partial charge in [-0.3, -0.25) is 9.10 Å². The molecule has 0 fully saturated rings. The minimum Gasteiger partial charge on any atom is -0.495 e. The Bertz CT molecular complexity index is 976. The van der Waals surface area contributed by atoms with Crippen LogP contribution in [0.4, 0.5) is 11.4 Å². The van der Waals surface area contributed by atoms with Crippen molar-refractivity contribution in [2.24, 2.45) is 0 Å². The predicted octanol–water partition coefficient (Wildman–Crippen LogP) is 4.15. The number of nitrogens with zero attached hydrogens (tertiary/aromatic N) is 1. The van der Waals surface area contributed by atoms with E-state index in [0.29, 0.717) is 16.5 Å². The fourth-order valence-corrected chi connectivity index (χ4v) is 4.41. The van der Waals surface area contributed by atoms with Crippen LogP contribution < -0.4 is 14.4 Å². The van der Waals surface area contributed by atoms with Crippen molar-refractivity contribution < 1.29 is 17.9 Å². The molecule has 0 aromatic heterocycles. The molecule has 6 nitrogen and oxygen atoms in total. The molecule has 2 rings (SSSR count). The summed E-state index contributed by atoms with van der Waals surface area (Å²) >= 11 is 6.08. The van der Waals surface area contributed by atoms with Crippen LogP contribution in [0.15, 0.2) is 36.4 Å². The third-order valence-corrected chi connectivity index (χ3v) is 5.75. The number of hydrogen-bond acceptors (Lipinski definition) is 4. The number of anilines is 2. The zero-order valence-corrected chi connectivity index (χ0v) is 18.2. The van der Waals surface area contributed by atoms with Crippen molar-refractivity contribution in [3.8, 4) is 5.75 Å². The average Bonchev–Trinajstić information content (AvgIpc) is 2.60. The molecule has 0 saturated carbocycles. The van der Waals surface area contributed by atoms with Gasteiger partial charge >= 0.3 is 0 Å². The number of carbonyl (C=O) groups excluding carboxylic acids is 1. The van der Waals surface area contributed by atoms with E-state index in [-0.39, 0.29) is 12.1 Å². The van der Waals surface area contributed by atoms with Gasteiger partial charge in [0.25, 0.3) is 0 Å². The molecule has 2 aromatic rings. The summed E-state index contributed by atoms with van der Waals surface area (Å²) in [5.74, 6) is -0.116. The van der Waals surface area contributed by atoms with Crippen molar-refractivity contribution in [2.45, 2.75) is 33.2 Å². The van der Waals surface area contributed by atoms with Gasteiger partial charge in [0.15, 0.2) is 0 Å². The zero-order valence-electron chi connectivity index (χ0n) is 16.6. The molecule has 0 spiro atoms. The third kappa shape index (κ3) is 4.97. The van der Waals surface area contributed by atoms with Crippen LogP contribution in [-0.2, 0) is 14.8 Å². The van der Waals surface area contributed by atoms with E-state index < -0.39 is 22.0 Å². The van der Waals surface area contributed by atoms with Crippen molar-refractivity contribution >= 4 is 38.9 Å². The maximum atomic E-state index is 13.0. The summed E-state index contributed by atoms with van der Waals surface area (Å²) in [6, 6.07) is 9.33. The number of carbonyl (C=O) groups is 1. The molecule has 0 aliphatic rings. The topological polar surface area (TPSA) is 75.7 Å². The summed E-state index contributed by atoms with van der Waals surface area (Å²) in [7, 11) is -2.36. The Morgan fingerprint density at radius 1 is 1.21 bits per heavy atom. The molecule has 0 bridgehead atoms. The molecule has 1 amide bonds. The Labute approximate surface area is 171 Å². The second kappa shape index (κ2) is 8.84. The van der Waals surface area contributed by atoms with Gasteiger partial charge in [-0.15, -0.1) is 0 Å². The standard InChI is InChI=1S/C20H25ClN2O4S/c1-6-17(20(24)22-16-9-7-13(2)11-14(16)3)23(28(5,25)26)18-12-15(21)8-10-19(18)27-4/h7-12,17H,6H2,1-5H3,(H,22,24). The molecule has 1 atom stereocenters. The second-order valence-electron chi connectivity index (χ2n) is 6.61. The molecule has 8 heteroatoms. The van der Waals surface area contributed by atoms with E-state index in [1.54, 1.807) is 25.1 Å². The molecule has 152 valence electrons. The van der Waals surface area contributed by atoms with Gasteiger partial charge in [-0.2, -0.15) is 0 Å². The van der Waals surface area contributed by atoms with Gasteiger partial charge in [-0.1, -0.05) is 36.2 Å². The summed E-state index contributed by atoms with van der Waals surface area (Å²) in [4.78, 5) is 13.0. The number of benzene rings is 2. The van der Waals surface area contributed by atoms with E-state index in [9.17, 15) is 13.2 Å². The van der Waals surface area contributed by atoms with Crippen LogP contribution in [0.25, 0.3) is 0 Å². The maximum absolute atomic E-state index is 13.0. The van der Waals surface area contributed by atoms with Crippen molar-refractivity contribution in [1.29, 1.82) is 0 Å². The number of sulfonamides is 1. The SMILES string of the molecule is CCC(C(=O)Nc1ccc(C)cc1C)N(c1cc(Cl)ccc1OC)S(C)(=O)=O. The fourth-order valence-electron chi connectivity index (χ4n) is 3.04. The highest BCUT2D eigenvalue weighted by Crippen LogP contribution is 2.35. The minimum absolute atomic E-state index is 0.222. The number of halogens is 1. The number of rotatable bonds is 7. The average molecular weight is 425 g/mol. The molecule has 0 saturated heterocycles. The van der Waals surface area contributed by atoms with Gasteiger partial charge in [0.2, 0.25) is 15.9 Å². The highest BCUT2D eigenvalue weighted by Gasteiger charge is 2.33. The summed E-state index contributed by atoms with van der Waals surface area (Å²) in [6.07, 6.45) is 1.32. The molecular formula is C20H25ClN2O4S. The van der Waals surface area contributed by atoms with E-state index in [2.05, 4.69) is 5.32 Å². The molecule has 2 aromatic carbocycles. The first-order chi connectivity index (χ1) is 13.1. The first kappa shape index (κ1) is 22.0. The minimum atomic E-state index is -3.80. The molecule has 1 N–H and O–H groups in total. The van der Waals surface area contributed by atoms with E-state index in [1.165, 1.54) is 13.2 Å². The van der Waals surface area contributed by atoms with Gasteiger partial charge in [0, 0.05) is 10.7 Å². The van der Waals surface area contributed by atoms with Crippen molar-refractivity contribution in [1.82, 2.24) is 0 Å². The van der Waals surface area contributed by atoms with Gasteiger partial charge in [0.1, 0.15) is 11.8 Å². The first-order valence-corrected chi connectivity index (χ1v) is 11.0. The smallest absolute Gasteiger partial charge is 0.248 e. The Morgan fingerprint density at radius 3 is 2.43 bits per heavy atom. The van der Waals surface area contributed by atoms with E-state index in [0.717, 1.165) is 21.7 Å². The third-order valence-electron chi connectivity index (χ3n) is 4.35. The second-order valence-corrected chi connectivity index (χ2v) is 8.90. The number of nitrogens with one attached hydrogen (secondary N) is 1. The van der Waals surface area contributed by atoms with Gasteiger partial charge in [0.05, 0.1) is 19.1 Å². The Kier molecular flexibility index (Phi) is 6.96. The van der Waals surface area contributed by atoms with Gasteiger partial charge in [-0.05, 0) is 50.1 Å². The van der Waals surface area contributed by atoms with E-state index in [1.807, 2.05) is 26.0 Å². The zero-order chi connectivity index (χ0) is 21.1. The van der Waals surface area contributed by atoms with Crippen LogP contribution in [0.5, 0.6) is 5.75 Å². The lowest BCUT2D eigenvalue weighted by molar-refractivity contribution is -0.117. The van der Waals surface area contributed by atoms with Crippen LogP contribution >= 0.6 is 11.6 Å². The van der Waals surface area contributed by atoms with Crippen LogP contribution in [0, 0.1) is 13.8 Å². The normalized spacial score (nSPS) is 12.4. The molecule has 0 aliphatic heterocycles. The summed E-state index contributed by atoms with van der Waals surface area (Å²) in [5, 5.41) is 3.19. The molecule has 0 heterocycles. The van der Waals surface area contributed by atoms with Gasteiger partial charge in [-0.25, -0.2) is 8.42 Å². The first-order valence-electron chi connectivity index (χ1n) is 8.79. The largest absolute Gasteiger partial charge is 0.495 e. The Balaban J connectivity index is 2.49. The van der Waals surface area contributed by atoms with Crippen molar-refractivity contribution in [2.75, 3.05) is 23.0 Å². The Hall–Kier alpha value is -2.25. The maximum Gasteiger partial charge on any atom is 0.248 e. The highest BCUT2D eigenvalue weighted by molar-refractivity contribution is 7.92. The Morgan fingerprint density at radius 2 is 1.89 bits per heavy atom.